The Bertz CT molecular complexity index is 940. The number of nitrogens with zero attached hydrogens (tertiary/aromatic N) is 2. The zero-order valence-corrected chi connectivity index (χ0v) is 14.6. The van der Waals surface area contributed by atoms with Gasteiger partial charge in [-0.25, -0.2) is 0 Å². The summed E-state index contributed by atoms with van der Waals surface area (Å²) in [5.74, 6) is 1.81. The predicted molar refractivity (Wildman–Crippen MR) is 94.0 cm³/mol. The maximum atomic E-state index is 10.7. The summed E-state index contributed by atoms with van der Waals surface area (Å²) in [4.78, 5) is 4.32. The van der Waals surface area contributed by atoms with Crippen molar-refractivity contribution in [2.24, 2.45) is 0 Å². The third-order valence-corrected chi connectivity index (χ3v) is 4.54. The first-order valence-electron chi connectivity index (χ1n) is 7.49. The third kappa shape index (κ3) is 2.92. The minimum atomic E-state index is -1.03. The fraction of sp³-hybridized carbons (Fsp3) is 0.111. The molecule has 0 saturated carbocycles. The van der Waals surface area contributed by atoms with Gasteiger partial charge >= 0.3 is 0 Å². The van der Waals surface area contributed by atoms with E-state index in [0.717, 1.165) is 5.56 Å². The Morgan fingerprint density at radius 1 is 1.16 bits per heavy atom. The molecule has 0 fully saturated rings. The molecule has 3 aromatic rings. The van der Waals surface area contributed by atoms with E-state index in [1.807, 2.05) is 30.3 Å². The molecule has 0 saturated heterocycles. The highest BCUT2D eigenvalue weighted by molar-refractivity contribution is 9.10. The quantitative estimate of drug-likeness (QED) is 0.713. The Morgan fingerprint density at radius 2 is 1.88 bits per heavy atom. The van der Waals surface area contributed by atoms with Gasteiger partial charge in [-0.15, -0.1) is 0 Å². The van der Waals surface area contributed by atoms with Crippen LogP contribution in [0.4, 0.5) is 0 Å². The van der Waals surface area contributed by atoms with E-state index < -0.39 is 6.10 Å². The summed E-state index contributed by atoms with van der Waals surface area (Å²) in [7, 11) is 0. The molecule has 0 spiro atoms. The molecule has 0 amide bonds. The van der Waals surface area contributed by atoms with Gasteiger partial charge in [0.1, 0.15) is 6.10 Å². The smallest absolute Gasteiger partial charge is 0.256 e. The first-order valence-corrected chi connectivity index (χ1v) is 8.28. The van der Waals surface area contributed by atoms with Crippen LogP contribution in [0.2, 0.25) is 0 Å². The van der Waals surface area contributed by atoms with Gasteiger partial charge in [0.2, 0.25) is 12.6 Å². The van der Waals surface area contributed by atoms with Gasteiger partial charge in [0.25, 0.3) is 5.89 Å². The van der Waals surface area contributed by atoms with Gasteiger partial charge in [0, 0.05) is 21.2 Å². The highest BCUT2D eigenvalue weighted by atomic mass is 79.9. The Labute approximate surface area is 151 Å². The van der Waals surface area contributed by atoms with Crippen LogP contribution in [-0.2, 0) is 0 Å². The van der Waals surface area contributed by atoms with Gasteiger partial charge in [-0.05, 0) is 12.1 Å². The van der Waals surface area contributed by atoms with Gasteiger partial charge in [0.15, 0.2) is 11.5 Å². The lowest BCUT2D eigenvalue weighted by Gasteiger charge is -2.13. The van der Waals surface area contributed by atoms with Crippen molar-refractivity contribution >= 4 is 21.5 Å². The molecule has 6 nitrogen and oxygen atoms in total. The van der Waals surface area contributed by atoms with E-state index in [1.54, 1.807) is 12.1 Å². The lowest BCUT2D eigenvalue weighted by molar-refractivity contribution is 0.173. The zero-order chi connectivity index (χ0) is 17.4. The minimum Gasteiger partial charge on any atom is -0.454 e. The lowest BCUT2D eigenvalue weighted by atomic mass is 10.0. The van der Waals surface area contributed by atoms with Crippen LogP contribution >= 0.6 is 15.9 Å². The maximum Gasteiger partial charge on any atom is 0.256 e. The number of benzene rings is 2. The summed E-state index contributed by atoms with van der Waals surface area (Å²) in [5.41, 5.74) is 1.70. The number of aliphatic hydroxyl groups excluding tert-OH is 1. The van der Waals surface area contributed by atoms with Crippen molar-refractivity contribution in [1.82, 2.24) is 10.1 Å². The van der Waals surface area contributed by atoms with Crippen molar-refractivity contribution in [1.29, 1.82) is 0 Å². The molecule has 1 N–H and O–H groups in total. The van der Waals surface area contributed by atoms with Crippen LogP contribution in [0.5, 0.6) is 11.5 Å². The molecule has 1 atom stereocenters. The summed E-state index contributed by atoms with van der Waals surface area (Å²) >= 11 is 3.43. The van der Waals surface area contributed by atoms with Crippen molar-refractivity contribution in [2.45, 2.75) is 6.10 Å². The first-order chi connectivity index (χ1) is 12.1. The number of fused-ring (bicyclic) bond motifs is 1. The van der Waals surface area contributed by atoms with E-state index >= 15 is 0 Å². The Balaban J connectivity index is 1.62. The lowest BCUT2D eigenvalue weighted by Crippen LogP contribution is -2.02. The molecule has 0 aliphatic carbocycles. The monoisotopic (exact) mass is 400 g/mol. The Kier molecular flexibility index (Phi) is 4.03. The maximum absolute atomic E-state index is 10.7. The zero-order valence-electron chi connectivity index (χ0n) is 13.0. The summed E-state index contributed by atoms with van der Waals surface area (Å²) in [6.07, 6.45) is -1.03. The molecular weight excluding hydrogens is 388 g/mol. The van der Waals surface area contributed by atoms with Gasteiger partial charge in [-0.1, -0.05) is 58.0 Å². The largest absolute Gasteiger partial charge is 0.454 e. The highest BCUT2D eigenvalue weighted by Crippen LogP contribution is 2.41. The van der Waals surface area contributed by atoms with E-state index in [0.29, 0.717) is 32.9 Å². The van der Waals surface area contributed by atoms with E-state index in [1.165, 1.54) is 0 Å². The van der Waals surface area contributed by atoms with E-state index in [-0.39, 0.29) is 12.7 Å². The average Bonchev–Trinajstić information content (AvgIpc) is 3.29. The second-order valence-electron chi connectivity index (χ2n) is 5.44. The fourth-order valence-corrected chi connectivity index (χ4v) is 3.04. The molecule has 0 radical (unpaired) electrons. The van der Waals surface area contributed by atoms with E-state index in [9.17, 15) is 5.11 Å². The number of aromatic nitrogens is 2. The minimum absolute atomic E-state index is 0.159. The standard InChI is InChI=1S/C18H13BrN2O4/c1-10(18-20-17(21-25-18)11-5-3-2-4-6-11)16(22)12-7-14-15(8-13(12)19)24-9-23-14/h2-8,16,22H,1,9H2. The van der Waals surface area contributed by atoms with Crippen LogP contribution in [0, 0.1) is 0 Å². The van der Waals surface area contributed by atoms with Gasteiger partial charge in [-0.3, -0.25) is 0 Å². The number of halogens is 1. The average molecular weight is 401 g/mol. The molecule has 7 heteroatoms. The Morgan fingerprint density at radius 3 is 2.64 bits per heavy atom. The van der Waals surface area contributed by atoms with Crippen molar-refractivity contribution in [3.8, 4) is 22.9 Å². The van der Waals surface area contributed by atoms with Gasteiger partial charge < -0.3 is 19.1 Å². The molecule has 0 bridgehead atoms. The molecular formula is C18H13BrN2O4. The van der Waals surface area contributed by atoms with Crippen LogP contribution in [0.3, 0.4) is 0 Å². The number of hydrogen-bond donors (Lipinski definition) is 1. The normalized spacial score (nSPS) is 13.7. The van der Waals surface area contributed by atoms with Crippen LogP contribution in [0.15, 0.2) is 58.0 Å². The second kappa shape index (κ2) is 6.34. The van der Waals surface area contributed by atoms with E-state index in [2.05, 4.69) is 32.6 Å². The molecule has 1 aliphatic heterocycles. The van der Waals surface area contributed by atoms with Crippen LogP contribution in [-0.4, -0.2) is 22.0 Å². The molecule has 126 valence electrons. The van der Waals surface area contributed by atoms with Crippen molar-refractivity contribution in [3.63, 3.8) is 0 Å². The third-order valence-electron chi connectivity index (χ3n) is 3.85. The molecule has 1 unspecified atom stereocenters. The van der Waals surface area contributed by atoms with E-state index in [4.69, 9.17) is 14.0 Å². The summed E-state index contributed by atoms with van der Waals surface area (Å²) in [5, 5.41) is 14.6. The molecule has 4 rings (SSSR count). The summed E-state index contributed by atoms with van der Waals surface area (Å²) < 4.78 is 16.6. The molecule has 2 aromatic carbocycles. The fourth-order valence-electron chi connectivity index (χ4n) is 2.51. The first kappa shape index (κ1) is 15.9. The van der Waals surface area contributed by atoms with Crippen LogP contribution < -0.4 is 9.47 Å². The Hall–Kier alpha value is -2.64. The van der Waals surface area contributed by atoms with Crippen molar-refractivity contribution in [2.75, 3.05) is 6.79 Å². The second-order valence-corrected chi connectivity index (χ2v) is 6.30. The SMILES string of the molecule is C=C(c1nc(-c2ccccc2)no1)C(O)c1cc2c(cc1Br)OCO2. The molecule has 1 aromatic heterocycles. The predicted octanol–water partition coefficient (Wildman–Crippen LogP) is 3.97. The number of ether oxygens (including phenoxy) is 2. The van der Waals surface area contributed by atoms with Gasteiger partial charge in [0.05, 0.1) is 0 Å². The topological polar surface area (TPSA) is 77.6 Å². The van der Waals surface area contributed by atoms with Crippen molar-refractivity contribution in [3.05, 3.63) is 65.0 Å². The van der Waals surface area contributed by atoms with Crippen LogP contribution in [0.1, 0.15) is 17.6 Å². The molecule has 2 heterocycles. The number of hydrogen-bond acceptors (Lipinski definition) is 6. The molecule has 25 heavy (non-hydrogen) atoms. The van der Waals surface area contributed by atoms with Gasteiger partial charge in [-0.2, -0.15) is 4.98 Å². The van der Waals surface area contributed by atoms with Crippen LogP contribution in [0.25, 0.3) is 17.0 Å². The van der Waals surface area contributed by atoms with Crippen molar-refractivity contribution < 1.29 is 19.1 Å². The number of aliphatic hydroxyl groups is 1. The highest BCUT2D eigenvalue weighted by Gasteiger charge is 2.25. The summed E-state index contributed by atoms with van der Waals surface area (Å²) in [6, 6.07) is 12.9. The summed E-state index contributed by atoms with van der Waals surface area (Å²) in [6.45, 7) is 4.06. The molecule has 1 aliphatic rings. The number of rotatable bonds is 4.